The van der Waals surface area contributed by atoms with E-state index in [1.807, 2.05) is 30.3 Å². The van der Waals surface area contributed by atoms with Crippen LogP contribution in [-0.2, 0) is 0 Å². The van der Waals surface area contributed by atoms with E-state index in [0.29, 0.717) is 44.4 Å². The molecule has 2 aromatic carbocycles. The van der Waals surface area contributed by atoms with Gasteiger partial charge in [-0.3, -0.25) is 15.1 Å². The number of furan rings is 1. The number of hydrogen-bond donors (Lipinski definition) is 0. The molecule has 3 heterocycles. The Morgan fingerprint density at radius 2 is 1.91 bits per heavy atom. The van der Waals surface area contributed by atoms with Gasteiger partial charge in [0.05, 0.1) is 16.8 Å². The third-order valence-electron chi connectivity index (χ3n) is 4.65. The van der Waals surface area contributed by atoms with Gasteiger partial charge in [0.2, 0.25) is 5.89 Å². The molecule has 8 nitrogen and oxygen atoms in total. The summed E-state index contributed by atoms with van der Waals surface area (Å²) in [4.78, 5) is 23.6. The van der Waals surface area contributed by atoms with Crippen molar-refractivity contribution in [1.82, 2.24) is 9.97 Å². The van der Waals surface area contributed by atoms with Crippen LogP contribution in [0.25, 0.3) is 33.9 Å². The number of hydrogen-bond acceptors (Lipinski definition) is 7. The number of halogens is 1. The summed E-state index contributed by atoms with van der Waals surface area (Å²) in [6.07, 6.45) is 3.26. The number of aliphatic imine (C=N–C) groups is 1. The Balaban J connectivity index is 1.38. The highest BCUT2D eigenvalue weighted by Gasteiger charge is 2.11. The minimum atomic E-state index is -0.437. The average molecular weight is 489 g/mol. The average Bonchev–Trinajstić information content (AvgIpc) is 3.44. The summed E-state index contributed by atoms with van der Waals surface area (Å²) in [5.41, 5.74) is 3.46. The van der Waals surface area contributed by atoms with Crippen LogP contribution in [0.3, 0.4) is 0 Å². The van der Waals surface area contributed by atoms with E-state index in [4.69, 9.17) is 8.83 Å². The predicted molar refractivity (Wildman–Crippen MR) is 123 cm³/mol. The Kier molecular flexibility index (Phi) is 5.08. The summed E-state index contributed by atoms with van der Waals surface area (Å²) >= 11 is 3.35. The molecule has 0 radical (unpaired) electrons. The van der Waals surface area contributed by atoms with Gasteiger partial charge in [-0.25, -0.2) is 9.97 Å². The summed E-state index contributed by atoms with van der Waals surface area (Å²) in [5, 5.41) is 11.0. The van der Waals surface area contributed by atoms with Crippen molar-refractivity contribution in [2.24, 2.45) is 4.99 Å². The van der Waals surface area contributed by atoms with Crippen LogP contribution < -0.4 is 0 Å². The van der Waals surface area contributed by atoms with Crippen LogP contribution >= 0.6 is 15.9 Å². The van der Waals surface area contributed by atoms with E-state index in [2.05, 4.69) is 30.9 Å². The minimum absolute atomic E-state index is 0.00789. The molecule has 0 fully saturated rings. The lowest BCUT2D eigenvalue weighted by molar-refractivity contribution is -0.384. The van der Waals surface area contributed by atoms with Crippen molar-refractivity contribution in [3.63, 3.8) is 0 Å². The lowest BCUT2D eigenvalue weighted by Crippen LogP contribution is -1.87. The van der Waals surface area contributed by atoms with Crippen molar-refractivity contribution in [2.75, 3.05) is 0 Å². The van der Waals surface area contributed by atoms with Crippen molar-refractivity contribution in [1.29, 1.82) is 0 Å². The lowest BCUT2D eigenvalue weighted by Gasteiger charge is -1.97. The van der Waals surface area contributed by atoms with Gasteiger partial charge in [-0.2, -0.15) is 0 Å². The molecule has 5 aromatic rings. The van der Waals surface area contributed by atoms with Crippen molar-refractivity contribution >= 4 is 44.6 Å². The molecule has 0 bridgehead atoms. The monoisotopic (exact) mass is 488 g/mol. The number of rotatable bonds is 5. The third kappa shape index (κ3) is 4.06. The van der Waals surface area contributed by atoms with Gasteiger partial charge in [0, 0.05) is 29.5 Å². The number of aromatic nitrogens is 2. The number of pyridine rings is 1. The van der Waals surface area contributed by atoms with Crippen LogP contribution in [0.5, 0.6) is 0 Å². The SMILES string of the molecule is O=[N+]([O-])c1cccc(-c2ccc(C=Nc3ccc4oc(-c5ccnc(Br)c5)nc4c3)o2)c1. The normalized spacial score (nSPS) is 11.4. The maximum absolute atomic E-state index is 11.0. The maximum Gasteiger partial charge on any atom is 0.270 e. The maximum atomic E-state index is 11.0. The van der Waals surface area contributed by atoms with Crippen molar-refractivity contribution in [3.05, 3.63) is 93.4 Å². The fraction of sp³-hybridized carbons (Fsp3) is 0. The van der Waals surface area contributed by atoms with Gasteiger partial charge in [0.1, 0.15) is 21.6 Å². The van der Waals surface area contributed by atoms with Crippen molar-refractivity contribution < 1.29 is 13.8 Å². The Morgan fingerprint density at radius 3 is 2.75 bits per heavy atom. The molecule has 0 aliphatic carbocycles. The van der Waals surface area contributed by atoms with Gasteiger partial charge < -0.3 is 8.83 Å². The molecule has 156 valence electrons. The summed E-state index contributed by atoms with van der Waals surface area (Å²) in [6.45, 7) is 0. The number of nitro groups is 1. The predicted octanol–water partition coefficient (Wildman–Crippen LogP) is 6.57. The van der Waals surface area contributed by atoms with Gasteiger partial charge >= 0.3 is 0 Å². The van der Waals surface area contributed by atoms with Crippen molar-refractivity contribution in [3.8, 4) is 22.8 Å². The van der Waals surface area contributed by atoms with Gasteiger partial charge in [-0.1, -0.05) is 12.1 Å². The van der Waals surface area contributed by atoms with E-state index < -0.39 is 4.92 Å². The molecule has 0 amide bonds. The zero-order valence-electron chi connectivity index (χ0n) is 16.3. The number of nitro benzene ring substituents is 1. The van der Waals surface area contributed by atoms with Gasteiger partial charge in [-0.15, -0.1) is 0 Å². The topological polar surface area (TPSA) is 108 Å². The molecule has 0 unspecified atom stereocenters. The molecule has 0 aliphatic heterocycles. The first kappa shape index (κ1) is 19.8. The summed E-state index contributed by atoms with van der Waals surface area (Å²) in [5.74, 6) is 1.54. The molecule has 32 heavy (non-hydrogen) atoms. The van der Waals surface area contributed by atoms with Crippen LogP contribution in [0, 0.1) is 10.1 Å². The highest BCUT2D eigenvalue weighted by atomic mass is 79.9. The van der Waals surface area contributed by atoms with E-state index in [1.54, 1.807) is 36.7 Å². The smallest absolute Gasteiger partial charge is 0.270 e. The van der Waals surface area contributed by atoms with Crippen molar-refractivity contribution in [2.45, 2.75) is 0 Å². The summed E-state index contributed by atoms with van der Waals surface area (Å²) in [7, 11) is 0. The molecule has 0 atom stereocenters. The van der Waals surface area contributed by atoms with Crippen LogP contribution in [0.2, 0.25) is 0 Å². The fourth-order valence-electron chi connectivity index (χ4n) is 3.14. The first-order valence-corrected chi connectivity index (χ1v) is 10.3. The van der Waals surface area contributed by atoms with Crippen LogP contribution in [0.4, 0.5) is 11.4 Å². The molecular weight excluding hydrogens is 476 g/mol. The molecule has 5 rings (SSSR count). The van der Waals surface area contributed by atoms with Gasteiger partial charge in [0.25, 0.3) is 5.69 Å². The Bertz CT molecular complexity index is 1490. The van der Waals surface area contributed by atoms with Crippen LogP contribution in [0.15, 0.2) is 91.4 Å². The van der Waals surface area contributed by atoms with Crippen LogP contribution in [-0.4, -0.2) is 21.1 Å². The molecular formula is C23H13BrN4O4. The summed E-state index contributed by atoms with van der Waals surface area (Å²) < 4.78 is 12.3. The Morgan fingerprint density at radius 1 is 1.00 bits per heavy atom. The standard InChI is InChI=1S/C23H13BrN4O4/c24-22-11-15(8-9-25-22)23-27-19-12-16(4-6-21(19)32-23)26-13-18-5-7-20(31-18)14-2-1-3-17(10-14)28(29)30/h1-13H. The van der Waals surface area contributed by atoms with E-state index in [-0.39, 0.29) is 5.69 Å². The summed E-state index contributed by atoms with van der Waals surface area (Å²) in [6, 6.07) is 18.9. The van der Waals surface area contributed by atoms with E-state index in [1.165, 1.54) is 12.1 Å². The Labute approximate surface area is 189 Å². The molecule has 0 N–H and O–H groups in total. The highest BCUT2D eigenvalue weighted by Crippen LogP contribution is 2.29. The number of non-ortho nitro benzene ring substituents is 1. The second-order valence-corrected chi connectivity index (χ2v) is 7.62. The minimum Gasteiger partial charge on any atom is -0.455 e. The fourth-order valence-corrected chi connectivity index (χ4v) is 3.51. The number of nitrogens with zero attached hydrogens (tertiary/aromatic N) is 4. The number of fused-ring (bicyclic) bond motifs is 1. The molecule has 3 aromatic heterocycles. The molecule has 0 saturated heterocycles. The van der Waals surface area contributed by atoms with Gasteiger partial charge in [0.15, 0.2) is 5.58 Å². The molecule has 0 spiro atoms. The second kappa shape index (κ2) is 8.20. The number of benzene rings is 2. The van der Waals surface area contributed by atoms with E-state index in [0.717, 1.165) is 5.56 Å². The Hall–Kier alpha value is -4.11. The van der Waals surface area contributed by atoms with Gasteiger partial charge in [-0.05, 0) is 58.4 Å². The molecule has 0 saturated carbocycles. The zero-order chi connectivity index (χ0) is 22.1. The first-order valence-electron chi connectivity index (χ1n) is 9.46. The third-order valence-corrected chi connectivity index (χ3v) is 5.09. The quantitative estimate of drug-likeness (QED) is 0.120. The lowest BCUT2D eigenvalue weighted by atomic mass is 10.1. The second-order valence-electron chi connectivity index (χ2n) is 6.81. The zero-order valence-corrected chi connectivity index (χ0v) is 17.9. The van der Waals surface area contributed by atoms with Crippen LogP contribution in [0.1, 0.15) is 5.76 Å². The van der Waals surface area contributed by atoms with E-state index in [9.17, 15) is 10.1 Å². The molecule has 0 aliphatic rings. The molecule has 9 heteroatoms. The largest absolute Gasteiger partial charge is 0.455 e. The first-order chi connectivity index (χ1) is 15.5. The number of oxazole rings is 1. The van der Waals surface area contributed by atoms with E-state index >= 15 is 0 Å². The highest BCUT2D eigenvalue weighted by molar-refractivity contribution is 9.10.